The predicted molar refractivity (Wildman–Crippen MR) is 195 cm³/mol. The van der Waals surface area contributed by atoms with Crippen molar-refractivity contribution in [3.8, 4) is 22.6 Å². The average molecular weight is 655 g/mol. The van der Waals surface area contributed by atoms with Gasteiger partial charge in [0.2, 0.25) is 9.84 Å². The summed E-state index contributed by atoms with van der Waals surface area (Å²) in [7, 11) is -3.66. The van der Waals surface area contributed by atoms with Gasteiger partial charge in [-0.15, -0.1) is 0 Å². The first kappa shape index (κ1) is 36.3. The van der Waals surface area contributed by atoms with Crippen LogP contribution in [0.3, 0.4) is 0 Å². The van der Waals surface area contributed by atoms with Crippen molar-refractivity contribution in [2.24, 2.45) is 0 Å². The summed E-state index contributed by atoms with van der Waals surface area (Å²) >= 11 is 0. The smallest absolute Gasteiger partial charge is 0.206 e. The summed E-state index contributed by atoms with van der Waals surface area (Å²) in [5, 5.41) is 0. The lowest BCUT2D eigenvalue weighted by atomic mass is 9.66. The van der Waals surface area contributed by atoms with Crippen molar-refractivity contribution in [2.45, 2.75) is 127 Å². The van der Waals surface area contributed by atoms with Gasteiger partial charge < -0.3 is 9.47 Å². The van der Waals surface area contributed by atoms with Crippen LogP contribution in [-0.2, 0) is 20.7 Å². The Hall–Kier alpha value is -3.57. The molecule has 5 heteroatoms. The molecule has 0 aliphatic carbocycles. The zero-order valence-electron chi connectivity index (χ0n) is 30.1. The van der Waals surface area contributed by atoms with E-state index in [0.29, 0.717) is 10.6 Å². The zero-order valence-corrected chi connectivity index (χ0v) is 30.9. The van der Waals surface area contributed by atoms with E-state index in [0.717, 1.165) is 48.1 Å². The first-order valence-corrected chi connectivity index (χ1v) is 18.6. The van der Waals surface area contributed by atoms with Crippen LogP contribution in [-0.4, -0.2) is 19.6 Å². The van der Waals surface area contributed by atoms with Gasteiger partial charge in [0.25, 0.3) is 0 Å². The van der Waals surface area contributed by atoms with Crippen molar-refractivity contribution in [1.82, 2.24) is 0 Å². The van der Waals surface area contributed by atoms with E-state index in [-0.39, 0.29) is 21.3 Å². The quantitative estimate of drug-likeness (QED) is 0.144. The van der Waals surface area contributed by atoms with E-state index in [4.69, 9.17) is 9.47 Å². The Bertz CT molecular complexity index is 1710. The molecule has 0 aliphatic rings. The Morgan fingerprint density at radius 3 is 1.32 bits per heavy atom. The highest BCUT2D eigenvalue weighted by atomic mass is 32.2. The topological polar surface area (TPSA) is 52.6 Å². The molecule has 4 aromatic rings. The zero-order chi connectivity index (χ0) is 34.7. The second-order valence-corrected chi connectivity index (χ2v) is 16.4. The number of sulfone groups is 1. The van der Waals surface area contributed by atoms with Gasteiger partial charge in [-0.3, -0.25) is 0 Å². The van der Waals surface area contributed by atoms with E-state index in [1.807, 2.05) is 45.0 Å². The van der Waals surface area contributed by atoms with Crippen LogP contribution in [0.1, 0.15) is 106 Å². The van der Waals surface area contributed by atoms with Crippen LogP contribution in [0.15, 0.2) is 107 Å². The molecule has 2 unspecified atom stereocenters. The molecule has 0 amide bonds. The van der Waals surface area contributed by atoms with Crippen LogP contribution >= 0.6 is 0 Å². The molecular weight excluding hydrogens is 601 g/mol. The molecule has 0 saturated carbocycles. The second kappa shape index (κ2) is 13.9. The van der Waals surface area contributed by atoms with E-state index in [2.05, 4.69) is 84.9 Å². The van der Waals surface area contributed by atoms with Crippen LogP contribution in [0.25, 0.3) is 11.1 Å². The maximum atomic E-state index is 13.5. The highest BCUT2D eigenvalue weighted by Gasteiger charge is 2.45. The molecule has 0 saturated heterocycles. The summed E-state index contributed by atoms with van der Waals surface area (Å²) in [5.41, 5.74) is 3.60. The van der Waals surface area contributed by atoms with Crippen molar-refractivity contribution in [3.63, 3.8) is 0 Å². The molecule has 0 fully saturated rings. The maximum absolute atomic E-state index is 13.5. The van der Waals surface area contributed by atoms with E-state index in [9.17, 15) is 8.42 Å². The Labute approximate surface area is 284 Å². The Balaban J connectivity index is 1.54. The van der Waals surface area contributed by atoms with Crippen LogP contribution in [0.2, 0.25) is 0 Å². The van der Waals surface area contributed by atoms with Crippen LogP contribution in [0, 0.1) is 0 Å². The summed E-state index contributed by atoms with van der Waals surface area (Å²) in [4.78, 5) is 0.565. The lowest BCUT2D eigenvalue weighted by Gasteiger charge is -2.46. The molecule has 0 heterocycles. The Morgan fingerprint density at radius 1 is 0.489 bits per heavy atom. The molecule has 0 bridgehead atoms. The minimum Gasteiger partial charge on any atom is -0.488 e. The fraction of sp³-hybridized carbons (Fsp3) is 0.429. The number of ether oxygens (including phenoxy) is 2. The van der Waals surface area contributed by atoms with Gasteiger partial charge in [0.15, 0.2) is 0 Å². The summed E-state index contributed by atoms with van der Waals surface area (Å²) < 4.78 is 39.8. The number of hydrogen-bond donors (Lipinski definition) is 0. The Morgan fingerprint density at radius 2 is 0.894 bits per heavy atom. The van der Waals surface area contributed by atoms with Gasteiger partial charge in [-0.05, 0) is 130 Å². The second-order valence-electron chi connectivity index (χ2n) is 14.5. The highest BCUT2D eigenvalue weighted by molar-refractivity contribution is 7.91. The molecule has 4 aromatic carbocycles. The maximum Gasteiger partial charge on any atom is 0.206 e. The average Bonchev–Trinajstić information content (AvgIpc) is 3.07. The van der Waals surface area contributed by atoms with Crippen molar-refractivity contribution in [2.75, 3.05) is 0 Å². The fourth-order valence-electron chi connectivity index (χ4n) is 6.34. The monoisotopic (exact) mass is 654 g/mol. The van der Waals surface area contributed by atoms with Crippen LogP contribution < -0.4 is 9.47 Å². The molecule has 4 rings (SSSR count). The summed E-state index contributed by atoms with van der Waals surface area (Å²) in [6, 6.07) is 31.3. The highest BCUT2D eigenvalue weighted by Crippen LogP contribution is 2.44. The normalized spacial score (nSPS) is 15.0. The van der Waals surface area contributed by atoms with E-state index in [1.54, 1.807) is 36.4 Å². The van der Waals surface area contributed by atoms with Gasteiger partial charge in [-0.2, -0.15) is 0 Å². The summed E-state index contributed by atoms with van der Waals surface area (Å²) in [6.07, 6.45) is 3.64. The number of rotatable bonds is 13. The third-order valence-electron chi connectivity index (χ3n) is 10.6. The fourth-order valence-corrected chi connectivity index (χ4v) is 7.60. The molecule has 0 aromatic heterocycles. The van der Waals surface area contributed by atoms with Gasteiger partial charge in [0, 0.05) is 5.41 Å². The standard InChI is InChI=1S/C42H54O4S/c1-11-40(8,12-2)33-21-27-37(28-22-33)47(43,44)38-29-25-36(26-30-38)46-42(10,14-4)41(9,13-3)34-19-15-31(16-20-34)32-17-23-35(24-18-32)45-39(5,6)7/h15-30H,11-14H2,1-10H3. The van der Waals surface area contributed by atoms with Crippen LogP contribution in [0.5, 0.6) is 11.5 Å². The summed E-state index contributed by atoms with van der Waals surface area (Å²) in [6.45, 7) is 21.5. The third-order valence-corrected chi connectivity index (χ3v) is 12.4. The minimum atomic E-state index is -3.66. The van der Waals surface area contributed by atoms with Crippen molar-refractivity contribution < 1.29 is 17.9 Å². The number of benzene rings is 4. The van der Waals surface area contributed by atoms with Gasteiger partial charge in [0.05, 0.1) is 9.79 Å². The van der Waals surface area contributed by atoms with Gasteiger partial charge in [-0.25, -0.2) is 8.42 Å². The van der Waals surface area contributed by atoms with Gasteiger partial charge >= 0.3 is 0 Å². The number of hydrogen-bond acceptors (Lipinski definition) is 4. The molecule has 252 valence electrons. The lowest BCUT2D eigenvalue weighted by molar-refractivity contribution is 0.00300. The third kappa shape index (κ3) is 7.62. The van der Waals surface area contributed by atoms with Crippen molar-refractivity contribution in [1.29, 1.82) is 0 Å². The van der Waals surface area contributed by atoms with Crippen molar-refractivity contribution in [3.05, 3.63) is 108 Å². The lowest BCUT2D eigenvalue weighted by Crippen LogP contribution is -2.51. The van der Waals surface area contributed by atoms with E-state index >= 15 is 0 Å². The van der Waals surface area contributed by atoms with E-state index in [1.165, 1.54) is 5.56 Å². The first-order chi connectivity index (χ1) is 22.0. The molecule has 0 N–H and O–H groups in total. The largest absolute Gasteiger partial charge is 0.488 e. The van der Waals surface area contributed by atoms with E-state index < -0.39 is 15.4 Å². The molecule has 4 nitrogen and oxygen atoms in total. The first-order valence-electron chi connectivity index (χ1n) is 17.1. The summed E-state index contributed by atoms with van der Waals surface area (Å²) in [5.74, 6) is 1.51. The predicted octanol–water partition coefficient (Wildman–Crippen LogP) is 11.4. The molecule has 0 radical (unpaired) electrons. The Kier molecular flexibility index (Phi) is 10.7. The van der Waals surface area contributed by atoms with Crippen LogP contribution in [0.4, 0.5) is 0 Å². The molecular formula is C42H54O4S. The molecule has 2 atom stereocenters. The minimum absolute atomic E-state index is 0.0380. The SMILES string of the molecule is CCC(C)(CC)c1ccc(S(=O)(=O)c2ccc(OC(C)(CC)C(C)(CC)c3ccc(-c4ccc(OC(C)(C)C)cc4)cc3)cc2)cc1. The van der Waals surface area contributed by atoms with Crippen molar-refractivity contribution >= 4 is 9.84 Å². The van der Waals surface area contributed by atoms with Gasteiger partial charge in [0.1, 0.15) is 22.7 Å². The molecule has 0 aliphatic heterocycles. The molecule has 0 spiro atoms. The molecule has 47 heavy (non-hydrogen) atoms. The van der Waals surface area contributed by atoms with Gasteiger partial charge in [-0.1, -0.05) is 90.1 Å².